The molecule has 0 aliphatic heterocycles. The lowest BCUT2D eigenvalue weighted by Gasteiger charge is -2.22. The van der Waals surface area contributed by atoms with Crippen LogP contribution in [-0.2, 0) is 0 Å². The van der Waals surface area contributed by atoms with E-state index in [0.717, 1.165) is 36.7 Å². The van der Waals surface area contributed by atoms with Gasteiger partial charge in [0.2, 0.25) is 0 Å². The summed E-state index contributed by atoms with van der Waals surface area (Å²) in [6.07, 6.45) is 1.99. The van der Waals surface area contributed by atoms with E-state index in [0.29, 0.717) is 22.6 Å². The molecule has 24 heavy (non-hydrogen) atoms. The first kappa shape index (κ1) is 16.4. The molecule has 1 heterocycles. The molecule has 3 aromatic rings. The third-order valence-electron chi connectivity index (χ3n) is 4.19. The van der Waals surface area contributed by atoms with E-state index in [-0.39, 0.29) is 5.43 Å². The minimum absolute atomic E-state index is 0.0291. The van der Waals surface area contributed by atoms with Crippen LogP contribution in [0.1, 0.15) is 26.7 Å². The monoisotopic (exact) mass is 325 g/mol. The third kappa shape index (κ3) is 2.84. The largest absolute Gasteiger partial charge is 0.493 e. The fourth-order valence-electron chi connectivity index (χ4n) is 3.15. The van der Waals surface area contributed by atoms with Crippen molar-refractivity contribution in [3.8, 4) is 5.75 Å². The van der Waals surface area contributed by atoms with E-state index in [1.807, 2.05) is 30.3 Å². The number of benzene rings is 2. The van der Waals surface area contributed by atoms with Crippen LogP contribution in [0.3, 0.4) is 0 Å². The average molecular weight is 325 g/mol. The minimum Gasteiger partial charge on any atom is -0.493 e. The van der Waals surface area contributed by atoms with Crippen LogP contribution in [0.2, 0.25) is 0 Å². The maximum absolute atomic E-state index is 12.9. The van der Waals surface area contributed by atoms with Crippen molar-refractivity contribution in [3.63, 3.8) is 0 Å². The molecule has 0 unspecified atom stereocenters. The average Bonchev–Trinajstić information content (AvgIpc) is 2.60. The highest BCUT2D eigenvalue weighted by Gasteiger charge is 2.16. The Morgan fingerprint density at radius 1 is 1.08 bits per heavy atom. The molecule has 0 aliphatic rings. The lowest BCUT2D eigenvalue weighted by Crippen LogP contribution is -2.25. The molecule has 1 aromatic heterocycles. The van der Waals surface area contributed by atoms with Crippen molar-refractivity contribution in [2.24, 2.45) is 0 Å². The number of hydrogen-bond acceptors (Lipinski definition) is 4. The Morgan fingerprint density at radius 3 is 2.46 bits per heavy atom. The summed E-state index contributed by atoms with van der Waals surface area (Å²) in [6, 6.07) is 11.3. The highest BCUT2D eigenvalue weighted by Crippen LogP contribution is 2.33. The molecular formula is C20H23NO3. The van der Waals surface area contributed by atoms with Crippen LogP contribution in [0.25, 0.3) is 21.7 Å². The second-order valence-corrected chi connectivity index (χ2v) is 5.94. The van der Waals surface area contributed by atoms with E-state index in [1.54, 1.807) is 13.2 Å². The minimum atomic E-state index is -0.0291. The zero-order valence-electron chi connectivity index (χ0n) is 14.5. The highest BCUT2D eigenvalue weighted by molar-refractivity contribution is 6.08. The van der Waals surface area contributed by atoms with Crippen LogP contribution in [0.4, 0.5) is 5.88 Å². The van der Waals surface area contributed by atoms with Gasteiger partial charge in [0.05, 0.1) is 12.5 Å². The number of fused-ring (bicyclic) bond motifs is 3. The Labute approximate surface area is 141 Å². The normalized spacial score (nSPS) is 11.1. The van der Waals surface area contributed by atoms with E-state index in [9.17, 15) is 4.79 Å². The highest BCUT2D eigenvalue weighted by atomic mass is 16.5. The summed E-state index contributed by atoms with van der Waals surface area (Å²) < 4.78 is 11.6. The number of hydrogen-bond donors (Lipinski definition) is 0. The van der Waals surface area contributed by atoms with E-state index < -0.39 is 0 Å². The first-order chi connectivity index (χ1) is 11.7. The SMILES string of the molecule is CCCN(CCC)c1cc(=O)c2c(o1)c(OC)cc1ccccc12. The molecule has 2 aromatic carbocycles. The van der Waals surface area contributed by atoms with Gasteiger partial charge >= 0.3 is 0 Å². The molecule has 0 radical (unpaired) electrons. The number of anilines is 1. The van der Waals surface area contributed by atoms with Gasteiger partial charge in [-0.05, 0) is 29.7 Å². The van der Waals surface area contributed by atoms with Crippen LogP contribution in [0.5, 0.6) is 5.75 Å². The topological polar surface area (TPSA) is 42.7 Å². The summed E-state index contributed by atoms with van der Waals surface area (Å²) >= 11 is 0. The summed E-state index contributed by atoms with van der Waals surface area (Å²) in [5, 5.41) is 2.45. The van der Waals surface area contributed by atoms with Gasteiger partial charge in [-0.15, -0.1) is 0 Å². The molecule has 0 bridgehead atoms. The Balaban J connectivity index is 2.31. The van der Waals surface area contributed by atoms with Gasteiger partial charge < -0.3 is 14.1 Å². The van der Waals surface area contributed by atoms with Gasteiger partial charge in [0.1, 0.15) is 0 Å². The molecule has 126 valence electrons. The van der Waals surface area contributed by atoms with Crippen LogP contribution < -0.4 is 15.1 Å². The quantitative estimate of drug-likeness (QED) is 0.622. The van der Waals surface area contributed by atoms with Crippen LogP contribution in [0, 0.1) is 0 Å². The van der Waals surface area contributed by atoms with Crippen molar-refractivity contribution in [1.29, 1.82) is 0 Å². The second-order valence-electron chi connectivity index (χ2n) is 5.94. The molecule has 0 N–H and O–H groups in total. The van der Waals surface area contributed by atoms with Crippen molar-refractivity contribution in [2.75, 3.05) is 25.1 Å². The number of nitrogens with zero attached hydrogens (tertiary/aromatic N) is 1. The van der Waals surface area contributed by atoms with Crippen LogP contribution in [-0.4, -0.2) is 20.2 Å². The molecule has 0 fully saturated rings. The fourth-order valence-corrected chi connectivity index (χ4v) is 3.15. The maximum atomic E-state index is 12.9. The molecular weight excluding hydrogens is 302 g/mol. The lowest BCUT2D eigenvalue weighted by atomic mass is 10.0. The summed E-state index contributed by atoms with van der Waals surface area (Å²) in [5.41, 5.74) is 0.495. The van der Waals surface area contributed by atoms with Crippen molar-refractivity contribution in [1.82, 2.24) is 0 Å². The van der Waals surface area contributed by atoms with Crippen molar-refractivity contribution >= 4 is 27.6 Å². The summed E-state index contributed by atoms with van der Waals surface area (Å²) in [7, 11) is 1.60. The molecule has 0 spiro atoms. The predicted octanol–water partition coefficient (Wildman–Crippen LogP) is 4.58. The molecule has 4 heteroatoms. The van der Waals surface area contributed by atoms with Crippen molar-refractivity contribution in [3.05, 3.63) is 46.6 Å². The summed E-state index contributed by atoms with van der Waals surface area (Å²) in [6.45, 7) is 5.96. The van der Waals surface area contributed by atoms with E-state index >= 15 is 0 Å². The van der Waals surface area contributed by atoms with Gasteiger partial charge in [0, 0.05) is 19.2 Å². The molecule has 0 amide bonds. The fraction of sp³-hybridized carbons (Fsp3) is 0.350. The van der Waals surface area contributed by atoms with Gasteiger partial charge in [-0.1, -0.05) is 38.1 Å². The van der Waals surface area contributed by atoms with Gasteiger partial charge in [-0.2, -0.15) is 0 Å². The standard InChI is InChI=1S/C20H23NO3/c1-4-10-21(11-5-2)18-13-16(22)19-15-9-7-6-8-14(15)12-17(23-3)20(19)24-18/h6-9,12-13H,4-5,10-11H2,1-3H3. The number of methoxy groups -OCH3 is 1. The van der Waals surface area contributed by atoms with Crippen molar-refractivity contribution < 1.29 is 9.15 Å². The van der Waals surface area contributed by atoms with Crippen LogP contribution >= 0.6 is 0 Å². The zero-order chi connectivity index (χ0) is 17.1. The molecule has 0 saturated carbocycles. The number of rotatable bonds is 6. The summed E-state index contributed by atoms with van der Waals surface area (Å²) in [5.74, 6) is 1.21. The first-order valence-corrected chi connectivity index (χ1v) is 8.48. The summed E-state index contributed by atoms with van der Waals surface area (Å²) in [4.78, 5) is 15.0. The van der Waals surface area contributed by atoms with Gasteiger partial charge in [-0.25, -0.2) is 0 Å². The van der Waals surface area contributed by atoms with Crippen LogP contribution in [0.15, 0.2) is 45.6 Å². The zero-order valence-corrected chi connectivity index (χ0v) is 14.5. The van der Waals surface area contributed by atoms with E-state index in [4.69, 9.17) is 9.15 Å². The first-order valence-electron chi connectivity index (χ1n) is 8.48. The molecule has 3 rings (SSSR count). The molecule has 0 atom stereocenters. The Kier molecular flexibility index (Phi) is 4.74. The Morgan fingerprint density at radius 2 is 1.79 bits per heavy atom. The maximum Gasteiger partial charge on any atom is 0.200 e. The number of ether oxygens (including phenoxy) is 1. The van der Waals surface area contributed by atoms with Crippen molar-refractivity contribution in [2.45, 2.75) is 26.7 Å². The Bertz CT molecular complexity index is 908. The van der Waals surface area contributed by atoms with Gasteiger partial charge in [0.25, 0.3) is 0 Å². The van der Waals surface area contributed by atoms with E-state index in [1.165, 1.54) is 0 Å². The molecule has 4 nitrogen and oxygen atoms in total. The molecule has 0 aliphatic carbocycles. The van der Waals surface area contributed by atoms with Gasteiger partial charge in [0.15, 0.2) is 22.6 Å². The second kappa shape index (κ2) is 6.95. The Hall–Kier alpha value is -2.49. The third-order valence-corrected chi connectivity index (χ3v) is 4.19. The van der Waals surface area contributed by atoms with Gasteiger partial charge in [-0.3, -0.25) is 4.79 Å². The molecule has 0 saturated heterocycles. The smallest absolute Gasteiger partial charge is 0.200 e. The van der Waals surface area contributed by atoms with E-state index in [2.05, 4.69) is 18.7 Å². The predicted molar refractivity (Wildman–Crippen MR) is 99.3 cm³/mol. The lowest BCUT2D eigenvalue weighted by molar-refractivity contribution is 0.409.